The first-order chi connectivity index (χ1) is 8.78. The highest BCUT2D eigenvalue weighted by Gasteiger charge is 2.24. The molecule has 2 atom stereocenters. The molecule has 18 heavy (non-hydrogen) atoms. The van der Waals surface area contributed by atoms with Gasteiger partial charge in [0.1, 0.15) is 0 Å². The van der Waals surface area contributed by atoms with Crippen molar-refractivity contribution >= 4 is 0 Å². The summed E-state index contributed by atoms with van der Waals surface area (Å²) in [7, 11) is 0. The van der Waals surface area contributed by atoms with Crippen LogP contribution in [0, 0.1) is 0 Å². The monoisotopic (exact) mass is 248 g/mol. The van der Waals surface area contributed by atoms with Crippen LogP contribution in [-0.2, 0) is 0 Å². The van der Waals surface area contributed by atoms with Crippen molar-refractivity contribution in [2.75, 3.05) is 19.6 Å². The van der Waals surface area contributed by atoms with Gasteiger partial charge in [-0.15, -0.1) is 0 Å². The number of rotatable bonds is 8. The van der Waals surface area contributed by atoms with Gasteiger partial charge in [0.15, 0.2) is 0 Å². The molecule has 0 fully saturated rings. The average molecular weight is 248 g/mol. The van der Waals surface area contributed by atoms with Gasteiger partial charge in [-0.3, -0.25) is 4.90 Å². The van der Waals surface area contributed by atoms with E-state index >= 15 is 0 Å². The fourth-order valence-corrected chi connectivity index (χ4v) is 2.75. The molecule has 2 heteroatoms. The molecular formula is C16H28N2. The van der Waals surface area contributed by atoms with Crippen molar-refractivity contribution in [3.63, 3.8) is 0 Å². The van der Waals surface area contributed by atoms with E-state index in [0.29, 0.717) is 12.1 Å². The second-order valence-electron chi connectivity index (χ2n) is 4.64. The normalized spacial score (nSPS) is 14.7. The number of likely N-dealkylation sites (N-methyl/N-ethyl adjacent to an activating group) is 2. The van der Waals surface area contributed by atoms with E-state index < -0.39 is 0 Å². The Labute approximate surface area is 112 Å². The molecule has 0 aromatic heterocycles. The predicted octanol–water partition coefficient (Wildman–Crippen LogP) is 3.46. The topological polar surface area (TPSA) is 15.3 Å². The van der Waals surface area contributed by atoms with Gasteiger partial charge in [-0.05, 0) is 31.6 Å². The van der Waals surface area contributed by atoms with Crippen molar-refractivity contribution in [2.45, 2.75) is 46.2 Å². The van der Waals surface area contributed by atoms with Gasteiger partial charge in [-0.1, -0.05) is 58.0 Å². The van der Waals surface area contributed by atoms with Gasteiger partial charge in [-0.25, -0.2) is 0 Å². The van der Waals surface area contributed by atoms with Crippen LogP contribution >= 0.6 is 0 Å². The first-order valence-electron chi connectivity index (χ1n) is 7.30. The molecule has 102 valence electrons. The molecule has 0 radical (unpaired) electrons. The largest absolute Gasteiger partial charge is 0.309 e. The van der Waals surface area contributed by atoms with Crippen LogP contribution in [0.2, 0.25) is 0 Å². The number of hydrogen-bond acceptors (Lipinski definition) is 2. The maximum Gasteiger partial charge on any atom is 0.0477 e. The second-order valence-corrected chi connectivity index (χ2v) is 4.64. The van der Waals surface area contributed by atoms with Crippen LogP contribution in [-0.4, -0.2) is 30.6 Å². The summed E-state index contributed by atoms with van der Waals surface area (Å²) in [6.45, 7) is 12.2. The zero-order valence-electron chi connectivity index (χ0n) is 12.3. The molecule has 1 rings (SSSR count). The quantitative estimate of drug-likeness (QED) is 0.758. The van der Waals surface area contributed by atoms with E-state index in [-0.39, 0.29) is 0 Å². The number of benzene rings is 1. The van der Waals surface area contributed by atoms with E-state index in [0.717, 1.165) is 19.6 Å². The van der Waals surface area contributed by atoms with Crippen molar-refractivity contribution < 1.29 is 0 Å². The third-order valence-corrected chi connectivity index (χ3v) is 3.67. The van der Waals surface area contributed by atoms with Gasteiger partial charge in [0, 0.05) is 12.1 Å². The number of hydrogen-bond donors (Lipinski definition) is 1. The Morgan fingerprint density at radius 3 is 2.06 bits per heavy atom. The summed E-state index contributed by atoms with van der Waals surface area (Å²) < 4.78 is 0. The Morgan fingerprint density at radius 1 is 1.00 bits per heavy atom. The lowest BCUT2D eigenvalue weighted by Gasteiger charge is -2.36. The highest BCUT2D eigenvalue weighted by molar-refractivity contribution is 5.20. The van der Waals surface area contributed by atoms with Crippen molar-refractivity contribution in [1.29, 1.82) is 0 Å². The molecule has 0 saturated carbocycles. The van der Waals surface area contributed by atoms with Crippen LogP contribution in [0.3, 0.4) is 0 Å². The summed E-state index contributed by atoms with van der Waals surface area (Å²) >= 11 is 0. The van der Waals surface area contributed by atoms with Gasteiger partial charge >= 0.3 is 0 Å². The van der Waals surface area contributed by atoms with Gasteiger partial charge in [0.2, 0.25) is 0 Å². The van der Waals surface area contributed by atoms with E-state index in [2.05, 4.69) is 68.2 Å². The van der Waals surface area contributed by atoms with E-state index in [9.17, 15) is 0 Å². The van der Waals surface area contributed by atoms with Crippen LogP contribution < -0.4 is 5.32 Å². The number of nitrogens with one attached hydrogen (secondary N) is 1. The van der Waals surface area contributed by atoms with Gasteiger partial charge in [-0.2, -0.15) is 0 Å². The fourth-order valence-electron chi connectivity index (χ4n) is 2.75. The fraction of sp³-hybridized carbons (Fsp3) is 0.625. The molecule has 0 aliphatic carbocycles. The Bertz CT molecular complexity index is 306. The lowest BCUT2D eigenvalue weighted by molar-refractivity contribution is 0.167. The lowest BCUT2D eigenvalue weighted by Crippen LogP contribution is -2.44. The molecule has 0 amide bonds. The van der Waals surface area contributed by atoms with Crippen LogP contribution in [0.15, 0.2) is 30.3 Å². The third-order valence-electron chi connectivity index (χ3n) is 3.67. The van der Waals surface area contributed by atoms with Crippen molar-refractivity contribution in [1.82, 2.24) is 10.2 Å². The molecule has 0 heterocycles. The molecule has 1 aromatic rings. The maximum atomic E-state index is 3.66. The number of nitrogens with zero attached hydrogens (tertiary/aromatic N) is 1. The summed E-state index contributed by atoms with van der Waals surface area (Å²) in [5.41, 5.74) is 1.40. The smallest absolute Gasteiger partial charge is 0.0477 e. The van der Waals surface area contributed by atoms with Crippen LogP contribution in [0.1, 0.15) is 45.7 Å². The Kier molecular flexibility index (Phi) is 6.99. The first-order valence-corrected chi connectivity index (χ1v) is 7.30. The summed E-state index contributed by atoms with van der Waals surface area (Å²) in [4.78, 5) is 2.56. The minimum Gasteiger partial charge on any atom is -0.309 e. The molecule has 1 N–H and O–H groups in total. The van der Waals surface area contributed by atoms with Crippen LogP contribution in [0.4, 0.5) is 0 Å². The average Bonchev–Trinajstić information content (AvgIpc) is 2.43. The Hall–Kier alpha value is -0.860. The molecule has 1 aromatic carbocycles. The summed E-state index contributed by atoms with van der Waals surface area (Å²) in [6.07, 6.45) is 1.17. The minimum atomic E-state index is 0.432. The zero-order valence-corrected chi connectivity index (χ0v) is 12.3. The van der Waals surface area contributed by atoms with E-state index in [1.165, 1.54) is 12.0 Å². The summed E-state index contributed by atoms with van der Waals surface area (Å²) in [5, 5.41) is 3.66. The maximum absolute atomic E-state index is 3.66. The molecule has 2 unspecified atom stereocenters. The van der Waals surface area contributed by atoms with Gasteiger partial charge in [0.05, 0.1) is 0 Å². The van der Waals surface area contributed by atoms with Crippen molar-refractivity contribution in [3.05, 3.63) is 35.9 Å². The molecular weight excluding hydrogens is 220 g/mol. The first kappa shape index (κ1) is 15.2. The van der Waals surface area contributed by atoms with Gasteiger partial charge < -0.3 is 5.32 Å². The second kappa shape index (κ2) is 8.28. The SMILES string of the molecule is CCNC(c1ccccc1)C(CC)N(CC)CC. The molecule has 0 aliphatic rings. The highest BCUT2D eigenvalue weighted by Crippen LogP contribution is 2.23. The van der Waals surface area contributed by atoms with Crippen molar-refractivity contribution in [3.8, 4) is 0 Å². The van der Waals surface area contributed by atoms with E-state index in [4.69, 9.17) is 0 Å². The standard InChI is InChI=1S/C16H28N2/c1-5-15(18(7-3)8-4)16(17-6-2)14-12-10-9-11-13-14/h9-13,15-17H,5-8H2,1-4H3. The Morgan fingerprint density at radius 2 is 1.61 bits per heavy atom. The van der Waals surface area contributed by atoms with E-state index in [1.54, 1.807) is 0 Å². The third kappa shape index (κ3) is 3.82. The molecule has 0 aliphatic heterocycles. The van der Waals surface area contributed by atoms with Crippen molar-refractivity contribution in [2.24, 2.45) is 0 Å². The van der Waals surface area contributed by atoms with E-state index in [1.807, 2.05) is 0 Å². The van der Waals surface area contributed by atoms with Crippen LogP contribution in [0.25, 0.3) is 0 Å². The van der Waals surface area contributed by atoms with Crippen LogP contribution in [0.5, 0.6) is 0 Å². The predicted molar refractivity (Wildman–Crippen MR) is 79.9 cm³/mol. The summed E-state index contributed by atoms with van der Waals surface area (Å²) in [5.74, 6) is 0. The zero-order chi connectivity index (χ0) is 13.4. The Balaban J connectivity index is 2.94. The minimum absolute atomic E-state index is 0.432. The van der Waals surface area contributed by atoms with Gasteiger partial charge in [0.25, 0.3) is 0 Å². The molecule has 2 nitrogen and oxygen atoms in total. The lowest BCUT2D eigenvalue weighted by atomic mass is 9.95. The molecule has 0 bridgehead atoms. The highest BCUT2D eigenvalue weighted by atomic mass is 15.2. The molecule has 0 spiro atoms. The summed E-state index contributed by atoms with van der Waals surface area (Å²) in [6, 6.07) is 11.8. The molecule has 0 saturated heterocycles.